The van der Waals surface area contributed by atoms with Crippen LogP contribution in [0.1, 0.15) is 37.7 Å². The minimum Gasteiger partial charge on any atom is -0.496 e. The number of aromatic nitrogens is 2. The number of urea groups is 1. The zero-order chi connectivity index (χ0) is 31.9. The van der Waals surface area contributed by atoms with Crippen molar-refractivity contribution in [3.8, 4) is 23.0 Å². The first-order chi connectivity index (χ1) is 21.6. The molecule has 0 bridgehead atoms. The smallest absolute Gasteiger partial charge is 0.330 e. The number of carbonyl (C=O) groups is 3. The van der Waals surface area contributed by atoms with Gasteiger partial charge in [0, 0.05) is 37.1 Å². The van der Waals surface area contributed by atoms with Gasteiger partial charge in [-0.25, -0.2) is 19.0 Å². The van der Waals surface area contributed by atoms with Crippen LogP contribution in [0.2, 0.25) is 0 Å². The summed E-state index contributed by atoms with van der Waals surface area (Å²) in [4.78, 5) is 52.1. The first-order valence-electron chi connectivity index (χ1n) is 15.1. The van der Waals surface area contributed by atoms with Gasteiger partial charge in [-0.15, -0.1) is 0 Å². The first kappa shape index (κ1) is 30.3. The second-order valence-corrected chi connectivity index (χ2v) is 12.0. The number of allylic oxidation sites excluding steroid dienone is 1. The van der Waals surface area contributed by atoms with Crippen molar-refractivity contribution in [2.75, 3.05) is 27.2 Å². The number of carboxylic acids is 1. The van der Waals surface area contributed by atoms with Gasteiger partial charge in [0.15, 0.2) is 5.82 Å². The largest absolute Gasteiger partial charge is 0.496 e. The minimum atomic E-state index is -1.39. The molecule has 1 saturated heterocycles. The number of methoxy groups -OCH3 is 1. The van der Waals surface area contributed by atoms with Crippen molar-refractivity contribution in [3.63, 3.8) is 0 Å². The number of hydrogen-bond acceptors (Lipinski definition) is 7. The van der Waals surface area contributed by atoms with Crippen molar-refractivity contribution in [1.29, 1.82) is 0 Å². The van der Waals surface area contributed by atoms with Gasteiger partial charge in [0.2, 0.25) is 11.8 Å². The molecular weight excluding hydrogens is 581 g/mol. The molecule has 6 rings (SSSR count). The number of carbonyl (C=O) groups excluding carboxylic acids is 2. The lowest BCUT2D eigenvalue weighted by Crippen LogP contribution is -2.54. The minimum absolute atomic E-state index is 0.0839. The molecule has 236 valence electrons. The van der Waals surface area contributed by atoms with Crippen LogP contribution in [0.15, 0.2) is 48.6 Å². The van der Waals surface area contributed by atoms with Gasteiger partial charge in [-0.2, -0.15) is 4.98 Å². The fourth-order valence-corrected chi connectivity index (χ4v) is 6.31. The highest BCUT2D eigenvalue weighted by molar-refractivity contribution is 5.95. The molecule has 3 amide bonds. The molecule has 2 fully saturated rings. The molecule has 3 heterocycles. The topological polar surface area (TPSA) is 134 Å². The number of amides is 3. The van der Waals surface area contributed by atoms with Gasteiger partial charge in [-0.05, 0) is 56.9 Å². The Morgan fingerprint density at radius 1 is 1.18 bits per heavy atom. The average molecular weight is 618 g/mol. The molecule has 1 aromatic heterocycles. The maximum absolute atomic E-state index is 14.2. The molecule has 2 aromatic carbocycles. The van der Waals surface area contributed by atoms with Gasteiger partial charge >= 0.3 is 12.0 Å². The number of nitrogens with one attached hydrogen (secondary N) is 1. The summed E-state index contributed by atoms with van der Waals surface area (Å²) in [6.07, 6.45) is 5.99. The molecular formula is C33H36FN5O6. The zero-order valence-electron chi connectivity index (χ0n) is 25.5. The van der Waals surface area contributed by atoms with Crippen LogP contribution in [0.4, 0.5) is 9.18 Å². The maximum atomic E-state index is 14.2. The average Bonchev–Trinajstić information content (AvgIpc) is 3.56. The quantitative estimate of drug-likeness (QED) is 0.405. The van der Waals surface area contributed by atoms with Crippen molar-refractivity contribution in [2.45, 2.75) is 56.7 Å². The highest BCUT2D eigenvalue weighted by Gasteiger charge is 2.61. The van der Waals surface area contributed by atoms with Crippen LogP contribution in [0, 0.1) is 18.7 Å². The third kappa shape index (κ3) is 5.76. The second-order valence-electron chi connectivity index (χ2n) is 12.0. The van der Waals surface area contributed by atoms with E-state index in [2.05, 4.69) is 10.3 Å². The number of ether oxygens (including phenoxy) is 2. The molecule has 3 aliphatic rings. The number of fused-ring (bicyclic) bond motifs is 3. The molecule has 2 N–H and O–H groups in total. The number of nitrogens with zero attached hydrogens (tertiary/aromatic N) is 4. The Hall–Kier alpha value is -4.74. The standard InChI is InChI=1S/C33H36FN5O6/c1-19-26(44-3)13-12-24-27(19)35-28(20-9-8-11-22(34)15-20)36-30(24)45-23-16-25-29(40)37-33(31(41)42)17-21(33)10-6-4-5-7-14-38(2)32(43)39(25)18-23/h6,8-13,15,21,23,25H,4-5,7,14,16-18H2,1-3H3,(H,37,40)(H,41,42)/b10-6-. The maximum Gasteiger partial charge on any atom is 0.330 e. The summed E-state index contributed by atoms with van der Waals surface area (Å²) in [5.41, 5.74) is 0.360. The predicted octanol–water partition coefficient (Wildman–Crippen LogP) is 4.33. The van der Waals surface area contributed by atoms with Crippen molar-refractivity contribution in [2.24, 2.45) is 5.92 Å². The van der Waals surface area contributed by atoms with E-state index in [1.165, 1.54) is 17.0 Å². The Labute approximate surface area is 260 Å². The van der Waals surface area contributed by atoms with Gasteiger partial charge in [-0.3, -0.25) is 4.79 Å². The Morgan fingerprint density at radius 2 is 2.00 bits per heavy atom. The van der Waals surface area contributed by atoms with E-state index >= 15 is 0 Å². The number of halogens is 1. The molecule has 2 aliphatic heterocycles. The fraction of sp³-hybridized carbons (Fsp3) is 0.424. The summed E-state index contributed by atoms with van der Waals surface area (Å²) in [7, 11) is 3.26. The van der Waals surface area contributed by atoms with Crippen molar-refractivity contribution >= 4 is 28.8 Å². The zero-order valence-corrected chi connectivity index (χ0v) is 25.5. The molecule has 4 unspecified atom stereocenters. The van der Waals surface area contributed by atoms with Gasteiger partial charge in [0.05, 0.1) is 24.6 Å². The Balaban J connectivity index is 1.35. The van der Waals surface area contributed by atoms with E-state index in [0.29, 0.717) is 35.2 Å². The van der Waals surface area contributed by atoms with Crippen LogP contribution in [-0.2, 0) is 9.59 Å². The van der Waals surface area contributed by atoms with Gasteiger partial charge in [0.1, 0.15) is 29.3 Å². The summed E-state index contributed by atoms with van der Waals surface area (Å²) in [5, 5.41) is 13.4. The van der Waals surface area contributed by atoms with Crippen LogP contribution < -0.4 is 14.8 Å². The summed E-state index contributed by atoms with van der Waals surface area (Å²) in [5.74, 6) is -1.30. The summed E-state index contributed by atoms with van der Waals surface area (Å²) >= 11 is 0. The van der Waals surface area contributed by atoms with Crippen LogP contribution in [-0.4, -0.2) is 87.7 Å². The van der Waals surface area contributed by atoms with E-state index in [1.54, 1.807) is 43.3 Å². The number of aliphatic carboxylic acids is 1. The summed E-state index contributed by atoms with van der Waals surface area (Å²) in [6, 6.07) is 8.22. The monoisotopic (exact) mass is 617 g/mol. The number of carboxylic acid groups (broad SMARTS) is 1. The van der Waals surface area contributed by atoms with E-state index < -0.39 is 35.4 Å². The molecule has 12 heteroatoms. The van der Waals surface area contributed by atoms with Crippen molar-refractivity contribution in [1.82, 2.24) is 25.1 Å². The molecule has 0 radical (unpaired) electrons. The molecule has 1 aliphatic carbocycles. The third-order valence-electron chi connectivity index (χ3n) is 8.98. The highest BCUT2D eigenvalue weighted by atomic mass is 19.1. The molecule has 45 heavy (non-hydrogen) atoms. The lowest BCUT2D eigenvalue weighted by molar-refractivity contribution is -0.144. The fourth-order valence-electron chi connectivity index (χ4n) is 6.31. The van der Waals surface area contributed by atoms with E-state index in [0.717, 1.165) is 24.8 Å². The Bertz CT molecular complexity index is 1700. The predicted molar refractivity (Wildman–Crippen MR) is 163 cm³/mol. The number of benzene rings is 2. The normalized spacial score (nSPS) is 26.0. The number of hydrogen-bond donors (Lipinski definition) is 2. The summed E-state index contributed by atoms with van der Waals surface area (Å²) in [6.45, 7) is 2.45. The van der Waals surface area contributed by atoms with E-state index in [4.69, 9.17) is 14.5 Å². The Morgan fingerprint density at radius 3 is 2.76 bits per heavy atom. The highest BCUT2D eigenvalue weighted by Crippen LogP contribution is 2.45. The van der Waals surface area contributed by atoms with E-state index in [-0.39, 0.29) is 36.6 Å². The van der Waals surface area contributed by atoms with Crippen molar-refractivity contribution in [3.05, 3.63) is 59.9 Å². The molecule has 11 nitrogen and oxygen atoms in total. The lowest BCUT2D eigenvalue weighted by Gasteiger charge is -2.29. The van der Waals surface area contributed by atoms with Crippen LogP contribution in [0.5, 0.6) is 11.6 Å². The molecule has 0 spiro atoms. The van der Waals surface area contributed by atoms with Gasteiger partial charge in [-0.1, -0.05) is 24.3 Å². The molecule has 1 saturated carbocycles. The summed E-state index contributed by atoms with van der Waals surface area (Å²) < 4.78 is 26.1. The first-order valence-corrected chi connectivity index (χ1v) is 15.1. The van der Waals surface area contributed by atoms with Gasteiger partial charge < -0.3 is 29.7 Å². The second kappa shape index (κ2) is 12.0. The van der Waals surface area contributed by atoms with Crippen LogP contribution in [0.3, 0.4) is 0 Å². The number of rotatable bonds is 5. The molecule has 4 atom stereocenters. The lowest BCUT2D eigenvalue weighted by atomic mass is 10.1. The Kier molecular flexibility index (Phi) is 8.07. The van der Waals surface area contributed by atoms with Crippen molar-refractivity contribution < 1.29 is 33.4 Å². The SMILES string of the molecule is COc1ccc2c(OC3CC4C(=O)NC5(C(=O)O)CC5/C=C\CCCCN(C)C(=O)N4C3)nc(-c3cccc(F)c3)nc2c1C. The van der Waals surface area contributed by atoms with Gasteiger partial charge in [0.25, 0.3) is 0 Å². The van der Waals surface area contributed by atoms with Crippen LogP contribution >= 0.6 is 0 Å². The number of aryl methyl sites for hydroxylation is 1. The third-order valence-corrected chi connectivity index (χ3v) is 8.98. The van der Waals surface area contributed by atoms with Crippen LogP contribution in [0.25, 0.3) is 22.3 Å². The molecule has 3 aromatic rings. The van der Waals surface area contributed by atoms with E-state index in [1.807, 2.05) is 19.1 Å². The van der Waals surface area contributed by atoms with E-state index in [9.17, 15) is 23.9 Å².